The normalized spacial score (nSPS) is 24.5. The summed E-state index contributed by atoms with van der Waals surface area (Å²) in [5.41, 5.74) is 0.574. The van der Waals surface area contributed by atoms with E-state index >= 15 is 0 Å². The van der Waals surface area contributed by atoms with Crippen molar-refractivity contribution in [3.63, 3.8) is 0 Å². The second kappa shape index (κ2) is 6.16. The molecular weight excluding hydrogens is 316 g/mol. The Labute approximate surface area is 139 Å². The number of imide groups is 1. The summed E-state index contributed by atoms with van der Waals surface area (Å²) in [6.45, 7) is 1.58. The van der Waals surface area contributed by atoms with Crippen molar-refractivity contribution in [1.82, 2.24) is 4.90 Å². The first-order chi connectivity index (χ1) is 11.0. The Morgan fingerprint density at radius 3 is 2.17 bits per heavy atom. The van der Waals surface area contributed by atoms with E-state index < -0.39 is 6.04 Å². The van der Waals surface area contributed by atoms with Crippen LogP contribution in [-0.2, 0) is 14.4 Å². The summed E-state index contributed by atoms with van der Waals surface area (Å²) >= 11 is 5.81. The fourth-order valence-corrected chi connectivity index (χ4v) is 3.23. The predicted molar refractivity (Wildman–Crippen MR) is 86.8 cm³/mol. The van der Waals surface area contributed by atoms with Crippen molar-refractivity contribution < 1.29 is 14.4 Å². The zero-order valence-corrected chi connectivity index (χ0v) is 13.4. The molecule has 1 saturated heterocycles. The Bertz CT molecular complexity index is 658. The van der Waals surface area contributed by atoms with Gasteiger partial charge in [0.15, 0.2) is 0 Å². The number of likely N-dealkylation sites (tertiary alicyclic amines) is 1. The van der Waals surface area contributed by atoms with E-state index in [9.17, 15) is 14.4 Å². The molecule has 120 valence electrons. The lowest BCUT2D eigenvalue weighted by Crippen LogP contribution is -2.46. The topological polar surface area (TPSA) is 66.5 Å². The van der Waals surface area contributed by atoms with Crippen LogP contribution >= 0.6 is 11.6 Å². The van der Waals surface area contributed by atoms with Gasteiger partial charge < -0.3 is 5.32 Å². The largest absolute Gasteiger partial charge is 0.324 e. The third kappa shape index (κ3) is 2.88. The standard InChI is InChI=1S/C17H17ClN2O3/c1-10(15(21)19-12-8-6-11(18)7-9-12)20-16(22)13-4-2-3-5-14(13)17(20)23/h2-3,6-10,13-14H,4-5H2,1H3,(H,19,21)/t10-,13-,14-/m0/s1. The van der Waals surface area contributed by atoms with Crippen LogP contribution in [0.25, 0.3) is 0 Å². The molecule has 0 aromatic heterocycles. The molecular formula is C17H17ClN2O3. The van der Waals surface area contributed by atoms with Crippen molar-refractivity contribution in [1.29, 1.82) is 0 Å². The Hall–Kier alpha value is -2.14. The number of hydrogen-bond acceptors (Lipinski definition) is 3. The third-order valence-electron chi connectivity index (χ3n) is 4.42. The highest BCUT2D eigenvalue weighted by Gasteiger charge is 2.50. The lowest BCUT2D eigenvalue weighted by atomic mass is 9.85. The summed E-state index contributed by atoms with van der Waals surface area (Å²) in [6.07, 6.45) is 4.98. The van der Waals surface area contributed by atoms with Gasteiger partial charge in [0.1, 0.15) is 6.04 Å². The molecule has 3 atom stereocenters. The number of hydrogen-bond donors (Lipinski definition) is 1. The van der Waals surface area contributed by atoms with Crippen molar-refractivity contribution in [2.75, 3.05) is 5.32 Å². The molecule has 0 saturated carbocycles. The van der Waals surface area contributed by atoms with Crippen LogP contribution in [0.1, 0.15) is 19.8 Å². The second-order valence-electron chi connectivity index (χ2n) is 5.87. The number of anilines is 1. The second-order valence-corrected chi connectivity index (χ2v) is 6.31. The van der Waals surface area contributed by atoms with Crippen molar-refractivity contribution in [2.45, 2.75) is 25.8 Å². The van der Waals surface area contributed by atoms with Gasteiger partial charge in [0, 0.05) is 10.7 Å². The lowest BCUT2D eigenvalue weighted by Gasteiger charge is -2.22. The van der Waals surface area contributed by atoms with E-state index in [0.29, 0.717) is 23.6 Å². The van der Waals surface area contributed by atoms with Gasteiger partial charge in [0.25, 0.3) is 0 Å². The minimum absolute atomic E-state index is 0.247. The summed E-state index contributed by atoms with van der Waals surface area (Å²) < 4.78 is 0. The minimum Gasteiger partial charge on any atom is -0.324 e. The van der Waals surface area contributed by atoms with Crippen molar-refractivity contribution in [3.05, 3.63) is 41.4 Å². The van der Waals surface area contributed by atoms with E-state index in [4.69, 9.17) is 11.6 Å². The molecule has 1 aliphatic heterocycles. The number of amides is 3. The van der Waals surface area contributed by atoms with Crippen molar-refractivity contribution in [2.24, 2.45) is 11.8 Å². The number of allylic oxidation sites excluding steroid dienone is 2. The van der Waals surface area contributed by atoms with Gasteiger partial charge in [0.2, 0.25) is 17.7 Å². The Kier molecular flexibility index (Phi) is 4.22. The zero-order valence-electron chi connectivity index (χ0n) is 12.7. The number of nitrogens with zero attached hydrogens (tertiary/aromatic N) is 1. The van der Waals surface area contributed by atoms with Gasteiger partial charge in [0.05, 0.1) is 11.8 Å². The van der Waals surface area contributed by atoms with E-state index in [0.717, 1.165) is 4.90 Å². The van der Waals surface area contributed by atoms with Crippen LogP contribution in [-0.4, -0.2) is 28.7 Å². The van der Waals surface area contributed by atoms with Crippen LogP contribution in [0, 0.1) is 11.8 Å². The highest BCUT2D eigenvalue weighted by Crippen LogP contribution is 2.36. The van der Waals surface area contributed by atoms with Crippen LogP contribution < -0.4 is 5.32 Å². The fourth-order valence-electron chi connectivity index (χ4n) is 3.10. The number of nitrogens with one attached hydrogen (secondary N) is 1. The smallest absolute Gasteiger partial charge is 0.247 e. The molecule has 1 N–H and O–H groups in total. The molecule has 6 heteroatoms. The van der Waals surface area contributed by atoms with E-state index in [-0.39, 0.29) is 29.6 Å². The number of fused-ring (bicyclic) bond motifs is 1. The SMILES string of the molecule is C[C@@H](C(=O)Nc1ccc(Cl)cc1)N1C(=O)[C@H]2CC=CC[C@@H]2C1=O. The van der Waals surface area contributed by atoms with Gasteiger partial charge >= 0.3 is 0 Å². The van der Waals surface area contributed by atoms with Crippen LogP contribution in [0.3, 0.4) is 0 Å². The average molecular weight is 333 g/mol. The van der Waals surface area contributed by atoms with E-state index in [2.05, 4.69) is 5.32 Å². The molecule has 3 amide bonds. The summed E-state index contributed by atoms with van der Waals surface area (Å²) in [5, 5.41) is 3.28. The summed E-state index contributed by atoms with van der Waals surface area (Å²) in [7, 11) is 0. The molecule has 0 bridgehead atoms. The first kappa shape index (κ1) is 15.7. The number of carbonyl (C=O) groups excluding carboxylic acids is 3. The Morgan fingerprint density at radius 2 is 1.65 bits per heavy atom. The highest BCUT2D eigenvalue weighted by atomic mass is 35.5. The Balaban J connectivity index is 1.73. The quantitative estimate of drug-likeness (QED) is 0.683. The maximum Gasteiger partial charge on any atom is 0.247 e. The first-order valence-electron chi connectivity index (χ1n) is 7.57. The van der Waals surface area contributed by atoms with Crippen LogP contribution in [0.15, 0.2) is 36.4 Å². The molecule has 0 radical (unpaired) electrons. The molecule has 1 heterocycles. The average Bonchev–Trinajstić information content (AvgIpc) is 2.81. The van der Waals surface area contributed by atoms with Crippen molar-refractivity contribution >= 4 is 35.0 Å². The first-order valence-corrected chi connectivity index (χ1v) is 7.95. The molecule has 1 fully saturated rings. The van der Waals surface area contributed by atoms with Crippen LogP contribution in [0.5, 0.6) is 0 Å². The maximum atomic E-state index is 12.5. The molecule has 1 aliphatic carbocycles. The molecule has 3 rings (SSSR count). The monoisotopic (exact) mass is 332 g/mol. The van der Waals surface area contributed by atoms with Gasteiger partial charge in [-0.15, -0.1) is 0 Å². The van der Waals surface area contributed by atoms with Gasteiger partial charge in [-0.25, -0.2) is 0 Å². The third-order valence-corrected chi connectivity index (χ3v) is 4.67. The minimum atomic E-state index is -0.837. The molecule has 0 spiro atoms. The van der Waals surface area contributed by atoms with E-state index in [1.165, 1.54) is 0 Å². The van der Waals surface area contributed by atoms with Gasteiger partial charge in [-0.05, 0) is 44.0 Å². The predicted octanol–water partition coefficient (Wildman–Crippen LogP) is 2.62. The van der Waals surface area contributed by atoms with E-state index in [1.807, 2.05) is 12.2 Å². The number of benzene rings is 1. The summed E-state index contributed by atoms with van der Waals surface area (Å²) in [4.78, 5) is 38.4. The number of carbonyl (C=O) groups is 3. The lowest BCUT2D eigenvalue weighted by molar-refractivity contribution is -0.146. The van der Waals surface area contributed by atoms with Crippen molar-refractivity contribution in [3.8, 4) is 0 Å². The Morgan fingerprint density at radius 1 is 1.13 bits per heavy atom. The fraction of sp³-hybridized carbons (Fsp3) is 0.353. The molecule has 1 aromatic rings. The molecule has 0 unspecified atom stereocenters. The van der Waals surface area contributed by atoms with E-state index in [1.54, 1.807) is 31.2 Å². The molecule has 23 heavy (non-hydrogen) atoms. The molecule has 5 nitrogen and oxygen atoms in total. The van der Waals surface area contributed by atoms with Crippen LogP contribution in [0.4, 0.5) is 5.69 Å². The molecule has 1 aromatic carbocycles. The molecule has 2 aliphatic rings. The van der Waals surface area contributed by atoms with Gasteiger partial charge in [-0.2, -0.15) is 0 Å². The number of rotatable bonds is 3. The zero-order chi connectivity index (χ0) is 16.6. The van der Waals surface area contributed by atoms with Crippen LogP contribution in [0.2, 0.25) is 5.02 Å². The highest BCUT2D eigenvalue weighted by molar-refractivity contribution is 6.30. The van der Waals surface area contributed by atoms with Gasteiger partial charge in [-0.1, -0.05) is 23.8 Å². The van der Waals surface area contributed by atoms with Gasteiger partial charge in [-0.3, -0.25) is 19.3 Å². The maximum absolute atomic E-state index is 12.5. The summed E-state index contributed by atoms with van der Waals surface area (Å²) in [5.74, 6) is -1.52. The number of halogens is 1. The summed E-state index contributed by atoms with van der Waals surface area (Å²) in [6, 6.07) is 5.83.